The van der Waals surface area contributed by atoms with Gasteiger partial charge >= 0.3 is 0 Å². The number of fused-ring (bicyclic) bond motifs is 10. The molecule has 1 heterocycles. The molecule has 4 N–H and O–H groups in total. The van der Waals surface area contributed by atoms with Crippen molar-refractivity contribution < 1.29 is 34.7 Å². The zero-order valence-corrected chi connectivity index (χ0v) is 42.0. The van der Waals surface area contributed by atoms with Gasteiger partial charge in [0.2, 0.25) is 0 Å². The Balaban J connectivity index is 0.000000174. The third kappa shape index (κ3) is 8.64. The van der Waals surface area contributed by atoms with Gasteiger partial charge in [0.25, 0.3) is 0 Å². The second kappa shape index (κ2) is 18.4. The minimum atomic E-state index is -0.353. The number of carbonyl (C=O) groups excluding carboxylic acids is 1. The van der Waals surface area contributed by atoms with E-state index in [1.165, 1.54) is 57.8 Å². The molecule has 0 radical (unpaired) electrons. The lowest BCUT2D eigenvalue weighted by molar-refractivity contribution is -0.243. The van der Waals surface area contributed by atoms with Gasteiger partial charge in [-0.05, 0) is 207 Å². The topological polar surface area (TPSA) is 116 Å². The molecule has 7 nitrogen and oxygen atoms in total. The molecular formula is C56H96O7. The Labute approximate surface area is 384 Å². The highest BCUT2D eigenvalue weighted by molar-refractivity contribution is 5.79. The van der Waals surface area contributed by atoms with Crippen LogP contribution < -0.4 is 0 Å². The van der Waals surface area contributed by atoms with E-state index in [1.54, 1.807) is 0 Å². The Morgan fingerprint density at radius 3 is 1.48 bits per heavy atom. The zero-order valence-electron chi connectivity index (χ0n) is 42.0. The van der Waals surface area contributed by atoms with E-state index in [0.717, 1.165) is 83.3 Å². The Kier molecular flexibility index (Phi) is 14.3. The molecule has 0 aromatic carbocycles. The SMILES string of the molecule is CC(C)[C@H](O)CC[C@@H](C)[C@H]1CCC2C3C(CC[C@@]21C)[C@@]1(C)CCC(=O)C[C@@H]1C[C@H]3O.CC(C)[C@H](O)CC[C@@H](C)[C@H]1CCC2C3C(CC[C@@]21C)[C@@]1(C)CCC2(C[C@@H]1C[C@H]3O)OCCO2. The van der Waals surface area contributed by atoms with Crippen molar-refractivity contribution in [2.75, 3.05) is 13.2 Å². The number of rotatable bonds is 10. The van der Waals surface area contributed by atoms with Crippen molar-refractivity contribution in [2.45, 2.75) is 228 Å². The van der Waals surface area contributed by atoms with Crippen LogP contribution in [0, 0.1) is 105 Å². The van der Waals surface area contributed by atoms with E-state index in [1.807, 2.05) is 0 Å². The van der Waals surface area contributed by atoms with Gasteiger partial charge in [-0.1, -0.05) is 69.2 Å². The summed E-state index contributed by atoms with van der Waals surface area (Å²) in [7, 11) is 0. The third-order valence-corrected chi connectivity index (χ3v) is 22.9. The van der Waals surface area contributed by atoms with Crippen LogP contribution in [0.25, 0.3) is 0 Å². The fraction of sp³-hybridized carbons (Fsp3) is 0.982. The van der Waals surface area contributed by atoms with E-state index in [-0.39, 0.29) is 35.6 Å². The average Bonchev–Trinajstić information content (AvgIpc) is 3.95. The number of aliphatic hydroxyl groups is 4. The number of ether oxygens (including phenoxy) is 2. The van der Waals surface area contributed by atoms with Gasteiger partial charge < -0.3 is 29.9 Å². The Morgan fingerprint density at radius 2 is 1.00 bits per heavy atom. The van der Waals surface area contributed by atoms with Gasteiger partial charge in [-0.15, -0.1) is 0 Å². The largest absolute Gasteiger partial charge is 0.393 e. The van der Waals surface area contributed by atoms with Crippen LogP contribution in [0.2, 0.25) is 0 Å². The molecule has 0 aromatic rings. The first-order chi connectivity index (χ1) is 29.7. The van der Waals surface area contributed by atoms with Gasteiger partial charge in [0.05, 0.1) is 37.6 Å². The molecule has 362 valence electrons. The number of hydrogen-bond donors (Lipinski definition) is 4. The van der Waals surface area contributed by atoms with Gasteiger partial charge in [-0.25, -0.2) is 0 Å². The van der Waals surface area contributed by atoms with Crippen molar-refractivity contribution in [3.63, 3.8) is 0 Å². The summed E-state index contributed by atoms with van der Waals surface area (Å²) in [6, 6.07) is 0. The number of hydrogen-bond acceptors (Lipinski definition) is 7. The normalized spacial score (nSPS) is 48.2. The van der Waals surface area contributed by atoms with E-state index in [9.17, 15) is 25.2 Å². The molecule has 8 saturated carbocycles. The Bertz CT molecular complexity index is 1570. The third-order valence-electron chi connectivity index (χ3n) is 22.9. The van der Waals surface area contributed by atoms with Crippen LogP contribution in [-0.2, 0) is 14.3 Å². The Morgan fingerprint density at radius 1 is 0.556 bits per heavy atom. The minimum absolute atomic E-state index is 0.173. The van der Waals surface area contributed by atoms with Crippen LogP contribution in [0.15, 0.2) is 0 Å². The molecule has 20 atom stereocenters. The number of aliphatic hydroxyl groups excluding tert-OH is 4. The lowest BCUT2D eigenvalue weighted by atomic mass is 9.43. The number of Topliss-reactive ketones (excluding diaryl/α,β-unsaturated/α-hetero) is 1. The van der Waals surface area contributed by atoms with Crippen LogP contribution in [0.5, 0.6) is 0 Å². The molecule has 0 bridgehead atoms. The van der Waals surface area contributed by atoms with Gasteiger partial charge in [-0.2, -0.15) is 0 Å². The van der Waals surface area contributed by atoms with Crippen LogP contribution in [0.1, 0.15) is 198 Å². The van der Waals surface area contributed by atoms with E-state index in [4.69, 9.17) is 9.47 Å². The zero-order chi connectivity index (χ0) is 45.4. The van der Waals surface area contributed by atoms with E-state index < -0.39 is 0 Å². The summed E-state index contributed by atoms with van der Waals surface area (Å²) < 4.78 is 12.2. The van der Waals surface area contributed by atoms with Crippen molar-refractivity contribution in [3.05, 3.63) is 0 Å². The predicted octanol–water partition coefficient (Wildman–Crippen LogP) is 11.4. The molecule has 63 heavy (non-hydrogen) atoms. The lowest BCUT2D eigenvalue weighted by Gasteiger charge is -2.63. The summed E-state index contributed by atoms with van der Waals surface area (Å²) in [6.45, 7) is 24.9. The highest BCUT2D eigenvalue weighted by Gasteiger charge is 2.66. The molecule has 1 aliphatic heterocycles. The highest BCUT2D eigenvalue weighted by atomic mass is 16.7. The quantitative estimate of drug-likeness (QED) is 0.173. The molecule has 9 fully saturated rings. The summed E-state index contributed by atoms with van der Waals surface area (Å²) >= 11 is 0. The lowest BCUT2D eigenvalue weighted by Crippen LogP contribution is -2.60. The molecule has 9 aliphatic rings. The summed E-state index contributed by atoms with van der Waals surface area (Å²) in [4.78, 5) is 12.1. The maximum absolute atomic E-state index is 12.1. The number of carbonyl (C=O) groups is 1. The number of ketones is 1. The second-order valence-corrected chi connectivity index (χ2v) is 26.3. The molecule has 0 aromatic heterocycles. The summed E-state index contributed by atoms with van der Waals surface area (Å²) in [5.74, 6) is 7.81. The summed E-state index contributed by atoms with van der Waals surface area (Å²) in [6.07, 6.45) is 21.0. The monoisotopic (exact) mass is 881 g/mol. The Hall–Kier alpha value is -0.570. The van der Waals surface area contributed by atoms with Gasteiger partial charge in [0.1, 0.15) is 5.78 Å². The van der Waals surface area contributed by atoms with Gasteiger partial charge in [-0.3, -0.25) is 4.79 Å². The molecule has 1 spiro atoms. The van der Waals surface area contributed by atoms with Crippen LogP contribution in [-0.4, -0.2) is 69.6 Å². The van der Waals surface area contributed by atoms with Crippen molar-refractivity contribution in [3.8, 4) is 0 Å². The smallest absolute Gasteiger partial charge is 0.168 e. The van der Waals surface area contributed by atoms with Crippen LogP contribution >= 0.6 is 0 Å². The summed E-state index contributed by atoms with van der Waals surface area (Å²) in [5.41, 5.74) is 1.25. The van der Waals surface area contributed by atoms with E-state index in [0.29, 0.717) is 105 Å². The molecular weight excluding hydrogens is 785 g/mol. The second-order valence-electron chi connectivity index (χ2n) is 26.3. The first-order valence-electron chi connectivity index (χ1n) is 27.2. The molecule has 9 rings (SSSR count). The first-order valence-corrected chi connectivity index (χ1v) is 27.2. The van der Waals surface area contributed by atoms with Crippen molar-refractivity contribution >= 4 is 5.78 Å². The molecule has 6 unspecified atom stereocenters. The van der Waals surface area contributed by atoms with Gasteiger partial charge in [0, 0.05) is 25.7 Å². The molecule has 7 heteroatoms. The fourth-order valence-corrected chi connectivity index (χ4v) is 18.8. The van der Waals surface area contributed by atoms with Crippen LogP contribution in [0.4, 0.5) is 0 Å². The van der Waals surface area contributed by atoms with Crippen molar-refractivity contribution in [2.24, 2.45) is 105 Å². The first kappa shape index (κ1) is 48.9. The summed E-state index contributed by atoms with van der Waals surface area (Å²) in [5, 5.41) is 43.6. The fourth-order valence-electron chi connectivity index (χ4n) is 18.8. The molecule has 1 saturated heterocycles. The molecule has 8 aliphatic carbocycles. The van der Waals surface area contributed by atoms with Crippen molar-refractivity contribution in [1.82, 2.24) is 0 Å². The average molecular weight is 881 g/mol. The van der Waals surface area contributed by atoms with Crippen molar-refractivity contribution in [1.29, 1.82) is 0 Å². The van der Waals surface area contributed by atoms with E-state index in [2.05, 4.69) is 69.2 Å². The maximum atomic E-state index is 12.1. The maximum Gasteiger partial charge on any atom is 0.168 e. The van der Waals surface area contributed by atoms with E-state index >= 15 is 0 Å². The molecule has 0 amide bonds. The minimum Gasteiger partial charge on any atom is -0.393 e. The predicted molar refractivity (Wildman–Crippen MR) is 251 cm³/mol. The highest BCUT2D eigenvalue weighted by Crippen LogP contribution is 2.71. The standard InChI is InChI=1S/C29H50O4.C27H46O3/c1-18(2)24(30)9-6-19(3)21-7-8-22-26-23(10-11-28(21,22)5)27(4)12-13-29(32-14-15-33-29)17-20(27)16-25(26)31;1-16(2)23(29)9-6-17(3)20-7-8-21-25-22(11-13-27(20,21)5)26(4)12-10-19(28)14-18(26)15-24(25)30/h18-26,30-31H,6-17H2,1-5H3;16-18,20-25,29-30H,6-15H2,1-5H3/t19-,20+,21-,22?,23?,24-,25-,26?,27+,28-;17-,18-,20-,21?,22?,23-,24-,25?,26+,27-/m11/s1. The van der Waals surface area contributed by atoms with Crippen LogP contribution in [0.3, 0.4) is 0 Å². The van der Waals surface area contributed by atoms with Gasteiger partial charge in [0.15, 0.2) is 5.79 Å².